The van der Waals surface area contributed by atoms with Gasteiger partial charge in [-0.05, 0) is 41.7 Å². The molecule has 0 saturated heterocycles. The smallest absolute Gasteiger partial charge is 0.278 e. The van der Waals surface area contributed by atoms with Gasteiger partial charge in [0.1, 0.15) is 17.6 Å². The number of nitrogens with one attached hydrogen (secondary N) is 1. The molecule has 8 heteroatoms. The molecule has 1 aliphatic rings. The van der Waals surface area contributed by atoms with Gasteiger partial charge < -0.3 is 24.2 Å². The van der Waals surface area contributed by atoms with Crippen molar-refractivity contribution in [2.24, 2.45) is 5.92 Å². The quantitative estimate of drug-likeness (QED) is 0.249. The second-order valence-electron chi connectivity index (χ2n) is 9.98. The van der Waals surface area contributed by atoms with E-state index < -0.39 is 23.0 Å². The lowest BCUT2D eigenvalue weighted by molar-refractivity contribution is -0.119. The van der Waals surface area contributed by atoms with Gasteiger partial charge in [0.2, 0.25) is 0 Å². The molecule has 0 bridgehead atoms. The zero-order chi connectivity index (χ0) is 27.0. The number of aldehydes is 1. The first-order chi connectivity index (χ1) is 19.1. The first-order valence-corrected chi connectivity index (χ1v) is 12.9. The highest BCUT2D eigenvalue weighted by molar-refractivity contribution is 5.75. The molecule has 1 aliphatic carbocycles. The second-order valence-corrected chi connectivity index (χ2v) is 9.98. The number of imidazole rings is 1. The number of aromatic amines is 1. The first kappa shape index (κ1) is 24.8. The van der Waals surface area contributed by atoms with Crippen LogP contribution in [0.15, 0.2) is 102 Å². The third-order valence-corrected chi connectivity index (χ3v) is 8.23. The average molecular weight is 521 g/mol. The molecule has 5 aromatic rings. The third kappa shape index (κ3) is 3.63. The van der Waals surface area contributed by atoms with E-state index in [0.29, 0.717) is 24.2 Å². The van der Waals surface area contributed by atoms with Gasteiger partial charge in [-0.3, -0.25) is 4.79 Å². The number of benzene rings is 3. The van der Waals surface area contributed by atoms with E-state index in [2.05, 4.69) is 15.0 Å². The third-order valence-electron chi connectivity index (χ3n) is 8.23. The van der Waals surface area contributed by atoms with Crippen molar-refractivity contribution >= 4 is 17.5 Å². The highest BCUT2D eigenvalue weighted by Crippen LogP contribution is 2.57. The van der Waals surface area contributed by atoms with Gasteiger partial charge in [-0.1, -0.05) is 72.8 Å². The molecule has 3 aromatic carbocycles. The Kier molecular flexibility index (Phi) is 6.12. The average Bonchev–Trinajstić information content (AvgIpc) is 3.58. The van der Waals surface area contributed by atoms with Gasteiger partial charge in [-0.2, -0.15) is 0 Å². The minimum Gasteiger partial charge on any atom is -0.497 e. The lowest BCUT2D eigenvalue weighted by Gasteiger charge is -2.48. The summed E-state index contributed by atoms with van der Waals surface area (Å²) >= 11 is 0. The Labute approximate surface area is 225 Å². The second kappa shape index (κ2) is 9.63. The van der Waals surface area contributed by atoms with Crippen LogP contribution < -0.4 is 10.3 Å². The number of aliphatic hydroxyl groups is 1. The summed E-state index contributed by atoms with van der Waals surface area (Å²) in [5, 5.41) is 11.9. The molecule has 39 heavy (non-hydrogen) atoms. The van der Waals surface area contributed by atoms with Crippen molar-refractivity contribution in [1.29, 1.82) is 0 Å². The molecule has 0 spiro atoms. The van der Waals surface area contributed by atoms with Crippen molar-refractivity contribution in [2.75, 3.05) is 7.11 Å². The number of aromatic nitrogens is 4. The number of methoxy groups -OCH3 is 1. The topological polar surface area (TPSA) is 110 Å². The van der Waals surface area contributed by atoms with E-state index in [9.17, 15) is 14.7 Å². The maximum atomic E-state index is 13.5. The van der Waals surface area contributed by atoms with Crippen molar-refractivity contribution in [3.05, 3.63) is 125 Å². The van der Waals surface area contributed by atoms with E-state index in [4.69, 9.17) is 4.74 Å². The molecule has 1 saturated carbocycles. The fourth-order valence-corrected chi connectivity index (χ4v) is 6.60. The van der Waals surface area contributed by atoms with Gasteiger partial charge in [0.15, 0.2) is 11.2 Å². The van der Waals surface area contributed by atoms with Crippen LogP contribution in [0.2, 0.25) is 0 Å². The molecule has 3 atom stereocenters. The number of hydrogen-bond donors (Lipinski definition) is 2. The Morgan fingerprint density at radius 3 is 2.18 bits per heavy atom. The van der Waals surface area contributed by atoms with Crippen LogP contribution in [-0.2, 0) is 15.7 Å². The predicted octanol–water partition coefficient (Wildman–Crippen LogP) is 3.83. The van der Waals surface area contributed by atoms with E-state index in [-0.39, 0.29) is 11.1 Å². The molecule has 1 unspecified atom stereocenters. The van der Waals surface area contributed by atoms with Crippen molar-refractivity contribution in [1.82, 2.24) is 19.5 Å². The van der Waals surface area contributed by atoms with E-state index in [0.717, 1.165) is 23.0 Å². The molecule has 0 radical (unpaired) electrons. The lowest BCUT2D eigenvalue weighted by atomic mass is 9.56. The number of H-pyrrole nitrogens is 1. The summed E-state index contributed by atoms with van der Waals surface area (Å²) in [6.07, 6.45) is 3.58. The van der Waals surface area contributed by atoms with Gasteiger partial charge in [0.25, 0.3) is 5.56 Å². The Morgan fingerprint density at radius 2 is 1.59 bits per heavy atom. The SMILES string of the molecule is COc1ccc(C(c2ccccc2)(c2ccccc2)C2[C@@H](O)CC[C@@]2(C=O)n2cnc3c(=O)[nH]cnc32)cc1. The summed E-state index contributed by atoms with van der Waals surface area (Å²) in [7, 11) is 1.62. The molecule has 2 aromatic heterocycles. The minimum absolute atomic E-state index is 0.147. The molecular weight excluding hydrogens is 492 g/mol. The number of carbonyl (C=O) groups excluding carboxylic acids is 1. The molecule has 0 amide bonds. The molecule has 2 N–H and O–H groups in total. The number of aliphatic hydroxyl groups excluding tert-OH is 1. The number of nitrogens with zero attached hydrogens (tertiary/aromatic N) is 3. The van der Waals surface area contributed by atoms with E-state index in [1.54, 1.807) is 11.7 Å². The molecule has 2 heterocycles. The van der Waals surface area contributed by atoms with Crippen molar-refractivity contribution in [3.63, 3.8) is 0 Å². The fraction of sp³-hybridized carbons (Fsp3) is 0.226. The Hall–Kier alpha value is -4.56. The van der Waals surface area contributed by atoms with Crippen LogP contribution in [0, 0.1) is 5.92 Å². The van der Waals surface area contributed by atoms with Crippen LogP contribution in [0.4, 0.5) is 0 Å². The zero-order valence-electron chi connectivity index (χ0n) is 21.4. The summed E-state index contributed by atoms with van der Waals surface area (Å²) in [6.45, 7) is 0. The molecular formula is C31H28N4O4. The maximum absolute atomic E-state index is 13.5. The van der Waals surface area contributed by atoms with Gasteiger partial charge >= 0.3 is 0 Å². The van der Waals surface area contributed by atoms with E-state index in [1.165, 1.54) is 12.7 Å². The lowest BCUT2D eigenvalue weighted by Crippen LogP contribution is -2.54. The highest BCUT2D eigenvalue weighted by Gasteiger charge is 2.61. The summed E-state index contributed by atoms with van der Waals surface area (Å²) in [4.78, 5) is 37.3. The molecule has 6 rings (SSSR count). The van der Waals surface area contributed by atoms with Gasteiger partial charge in [0.05, 0.1) is 31.3 Å². The van der Waals surface area contributed by atoms with Crippen LogP contribution >= 0.6 is 0 Å². The monoisotopic (exact) mass is 520 g/mol. The van der Waals surface area contributed by atoms with Crippen LogP contribution in [0.3, 0.4) is 0 Å². The number of carbonyl (C=O) groups is 1. The van der Waals surface area contributed by atoms with E-state index in [1.807, 2.05) is 84.9 Å². The normalized spacial score (nSPS) is 21.2. The standard InChI is InChI=1S/C31H28N4O4/c1-39-24-14-12-23(13-15-24)31(21-8-4-2-5-9-21,22-10-6-3-7-11-22)27-25(37)16-17-30(27,18-36)35-20-34-26-28(35)32-19-33-29(26)38/h2-15,18-20,25,27,37H,16-17H2,1H3,(H,32,33,38)/t25-,27?,30-/m0/s1. The van der Waals surface area contributed by atoms with Gasteiger partial charge in [-0.25, -0.2) is 9.97 Å². The van der Waals surface area contributed by atoms with E-state index >= 15 is 0 Å². The summed E-state index contributed by atoms with van der Waals surface area (Å²) in [6, 6.07) is 27.7. The maximum Gasteiger partial charge on any atom is 0.278 e. The Balaban J connectivity index is 1.74. The fourth-order valence-electron chi connectivity index (χ4n) is 6.60. The molecule has 196 valence electrons. The van der Waals surface area contributed by atoms with Gasteiger partial charge in [-0.15, -0.1) is 0 Å². The zero-order valence-corrected chi connectivity index (χ0v) is 21.4. The Morgan fingerprint density at radius 1 is 0.974 bits per heavy atom. The molecule has 1 fully saturated rings. The number of rotatable bonds is 7. The number of hydrogen-bond acceptors (Lipinski definition) is 6. The number of ether oxygens (including phenoxy) is 1. The Bertz CT molecular complexity index is 1620. The molecule has 8 nitrogen and oxygen atoms in total. The van der Waals surface area contributed by atoms with Crippen molar-refractivity contribution < 1.29 is 14.6 Å². The van der Waals surface area contributed by atoms with Crippen molar-refractivity contribution in [2.45, 2.75) is 29.9 Å². The van der Waals surface area contributed by atoms with Crippen LogP contribution in [-0.4, -0.2) is 44.1 Å². The highest BCUT2D eigenvalue weighted by atomic mass is 16.5. The molecule has 0 aliphatic heterocycles. The van der Waals surface area contributed by atoms with Crippen LogP contribution in [0.25, 0.3) is 11.2 Å². The van der Waals surface area contributed by atoms with Crippen LogP contribution in [0.5, 0.6) is 5.75 Å². The van der Waals surface area contributed by atoms with Crippen LogP contribution in [0.1, 0.15) is 29.5 Å². The van der Waals surface area contributed by atoms with Crippen molar-refractivity contribution in [3.8, 4) is 5.75 Å². The number of fused-ring (bicyclic) bond motifs is 1. The summed E-state index contributed by atoms with van der Waals surface area (Å²) in [5.74, 6) is 0.0191. The summed E-state index contributed by atoms with van der Waals surface area (Å²) in [5.41, 5.74) is 0.574. The largest absolute Gasteiger partial charge is 0.497 e. The predicted molar refractivity (Wildman–Crippen MR) is 147 cm³/mol. The first-order valence-electron chi connectivity index (χ1n) is 12.9. The minimum atomic E-state index is -1.26. The summed E-state index contributed by atoms with van der Waals surface area (Å²) < 4.78 is 7.15. The van der Waals surface area contributed by atoms with Gasteiger partial charge in [0, 0.05) is 5.92 Å².